The molecule has 0 radical (unpaired) electrons. The first kappa shape index (κ1) is 30.1. The van der Waals surface area contributed by atoms with Gasteiger partial charge in [-0.25, -0.2) is 19.8 Å². The molecule has 1 aliphatic carbocycles. The van der Waals surface area contributed by atoms with Crippen molar-refractivity contribution in [3.05, 3.63) is 71.9 Å². The number of benzene rings is 2. The number of methoxy groups -OCH3 is 2. The van der Waals surface area contributed by atoms with Crippen molar-refractivity contribution in [1.82, 2.24) is 9.97 Å². The fraction of sp³-hybridized carbons (Fsp3) is 0.250. The summed E-state index contributed by atoms with van der Waals surface area (Å²) in [6, 6.07) is 12.1. The zero-order chi connectivity index (χ0) is 31.2. The smallest absolute Gasteiger partial charge is 0.341 e. The standard InChI is InChI=1S/C32H30N4O8/c1-5-42-32(39)21-12-28(44-18(21)2)19-6-8-20(9-7-19)35-24-14-27(38)25(15-26(24)37)36-31-22-13-29(41-4)30(43-11-10-40-3)16-23(22)33-17-34-31/h6-9,12-14,16-17,35H,5,10-11,15H2,1-4H3. The second-order valence-corrected chi connectivity index (χ2v) is 9.64. The van der Waals surface area contributed by atoms with E-state index in [9.17, 15) is 14.4 Å². The zero-order valence-corrected chi connectivity index (χ0v) is 24.6. The minimum atomic E-state index is -0.446. The largest absolute Gasteiger partial charge is 0.493 e. The number of furan rings is 1. The molecular formula is C32H30N4O8. The molecule has 1 N–H and O–H groups in total. The third-order valence-corrected chi connectivity index (χ3v) is 6.74. The maximum atomic E-state index is 13.0. The van der Waals surface area contributed by atoms with Crippen LogP contribution in [-0.2, 0) is 19.1 Å². The number of hydrogen-bond donors (Lipinski definition) is 1. The topological polar surface area (TPSA) is 151 Å². The molecule has 1 aliphatic rings. The Kier molecular flexibility index (Phi) is 9.10. The van der Waals surface area contributed by atoms with Crippen LogP contribution in [0.15, 0.2) is 70.0 Å². The number of aryl methyl sites for hydroxylation is 1. The molecule has 0 bridgehead atoms. The maximum absolute atomic E-state index is 13.0. The van der Waals surface area contributed by atoms with E-state index in [1.54, 1.807) is 63.4 Å². The van der Waals surface area contributed by atoms with Crippen molar-refractivity contribution in [1.29, 1.82) is 0 Å². The van der Waals surface area contributed by atoms with Crippen molar-refractivity contribution in [2.24, 2.45) is 4.99 Å². The Morgan fingerprint density at radius 3 is 2.57 bits per heavy atom. The summed E-state index contributed by atoms with van der Waals surface area (Å²) in [6.45, 7) is 4.43. The van der Waals surface area contributed by atoms with Crippen LogP contribution in [0.2, 0.25) is 0 Å². The van der Waals surface area contributed by atoms with E-state index in [2.05, 4.69) is 20.3 Å². The predicted octanol–water partition coefficient (Wildman–Crippen LogP) is 5.02. The molecule has 12 heteroatoms. The molecule has 0 unspecified atom stereocenters. The van der Waals surface area contributed by atoms with E-state index < -0.39 is 11.8 Å². The first-order chi connectivity index (χ1) is 21.3. The van der Waals surface area contributed by atoms with Gasteiger partial charge in [0.05, 0.1) is 43.7 Å². The normalized spacial score (nSPS) is 14.1. The van der Waals surface area contributed by atoms with Crippen molar-refractivity contribution in [3.8, 4) is 22.8 Å². The quantitative estimate of drug-likeness (QED) is 0.183. The number of anilines is 1. The fourth-order valence-corrected chi connectivity index (χ4v) is 4.51. The van der Waals surface area contributed by atoms with Gasteiger partial charge >= 0.3 is 5.97 Å². The van der Waals surface area contributed by atoms with E-state index in [1.165, 1.54) is 19.5 Å². The van der Waals surface area contributed by atoms with Gasteiger partial charge in [-0.2, -0.15) is 0 Å². The Morgan fingerprint density at radius 2 is 1.84 bits per heavy atom. The van der Waals surface area contributed by atoms with E-state index in [1.807, 2.05) is 0 Å². The van der Waals surface area contributed by atoms with Crippen LogP contribution in [0, 0.1) is 6.92 Å². The number of hydrogen-bond acceptors (Lipinski definition) is 12. The summed E-state index contributed by atoms with van der Waals surface area (Å²) in [5.74, 6) is 0.940. The monoisotopic (exact) mass is 598 g/mol. The molecule has 44 heavy (non-hydrogen) atoms. The zero-order valence-electron chi connectivity index (χ0n) is 24.6. The van der Waals surface area contributed by atoms with Crippen LogP contribution < -0.4 is 14.8 Å². The van der Waals surface area contributed by atoms with Gasteiger partial charge in [0.15, 0.2) is 23.1 Å². The number of rotatable bonds is 11. The Hall–Kier alpha value is -5.36. The molecular weight excluding hydrogens is 568 g/mol. The number of aliphatic imine (C=N–C) groups is 1. The van der Waals surface area contributed by atoms with E-state index in [4.69, 9.17) is 23.4 Å². The van der Waals surface area contributed by atoms with Crippen LogP contribution in [0.1, 0.15) is 29.5 Å². The molecule has 5 rings (SSSR count). The number of ether oxygens (including phenoxy) is 4. The van der Waals surface area contributed by atoms with Gasteiger partial charge < -0.3 is 28.7 Å². The van der Waals surface area contributed by atoms with Crippen molar-refractivity contribution >= 4 is 45.7 Å². The highest BCUT2D eigenvalue weighted by Crippen LogP contribution is 2.35. The lowest BCUT2D eigenvalue weighted by Gasteiger charge is -2.15. The first-order valence-electron chi connectivity index (χ1n) is 13.8. The van der Waals surface area contributed by atoms with Gasteiger partial charge in [0, 0.05) is 35.9 Å². The molecule has 226 valence electrons. The number of nitrogens with zero attached hydrogens (tertiary/aromatic N) is 3. The van der Waals surface area contributed by atoms with Crippen molar-refractivity contribution in [2.45, 2.75) is 20.3 Å². The number of nitrogens with one attached hydrogen (secondary N) is 1. The molecule has 4 aromatic rings. The van der Waals surface area contributed by atoms with Gasteiger partial charge in [-0.1, -0.05) is 0 Å². The third kappa shape index (κ3) is 6.50. The minimum Gasteiger partial charge on any atom is -0.493 e. The Bertz CT molecular complexity index is 1790. The van der Waals surface area contributed by atoms with Crippen molar-refractivity contribution in [3.63, 3.8) is 0 Å². The Labute approximate surface area is 252 Å². The van der Waals surface area contributed by atoms with Gasteiger partial charge in [0.25, 0.3) is 0 Å². The molecule has 2 aromatic carbocycles. The van der Waals surface area contributed by atoms with Gasteiger partial charge in [-0.15, -0.1) is 0 Å². The van der Waals surface area contributed by atoms with Gasteiger partial charge in [-0.3, -0.25) is 9.59 Å². The Balaban J connectivity index is 1.33. The van der Waals surface area contributed by atoms with E-state index in [0.29, 0.717) is 58.4 Å². The lowest BCUT2D eigenvalue weighted by atomic mass is 9.99. The maximum Gasteiger partial charge on any atom is 0.341 e. The highest BCUT2D eigenvalue weighted by Gasteiger charge is 2.26. The summed E-state index contributed by atoms with van der Waals surface area (Å²) in [4.78, 5) is 51.1. The van der Waals surface area contributed by atoms with Crippen LogP contribution >= 0.6 is 0 Å². The predicted molar refractivity (Wildman–Crippen MR) is 162 cm³/mol. The molecule has 0 atom stereocenters. The second kappa shape index (κ2) is 13.3. The molecule has 0 saturated carbocycles. The number of ketones is 2. The van der Waals surface area contributed by atoms with Crippen LogP contribution in [0.3, 0.4) is 0 Å². The lowest BCUT2D eigenvalue weighted by molar-refractivity contribution is -0.116. The molecule has 0 amide bonds. The molecule has 0 saturated heterocycles. The number of allylic oxidation sites excluding steroid dienone is 2. The van der Waals surface area contributed by atoms with Gasteiger partial charge in [0.1, 0.15) is 30.0 Å². The summed E-state index contributed by atoms with van der Waals surface area (Å²) < 4.78 is 27.0. The minimum absolute atomic E-state index is 0.0564. The Morgan fingerprint density at radius 1 is 1.05 bits per heavy atom. The SMILES string of the molecule is CCOC(=O)c1cc(-c2ccc(NC3=CC(=O)C(=Nc4ncnc5cc(OCCOC)c(OC)cc45)CC3=O)cc2)oc1C. The van der Waals surface area contributed by atoms with Crippen molar-refractivity contribution in [2.75, 3.05) is 39.4 Å². The summed E-state index contributed by atoms with van der Waals surface area (Å²) in [5.41, 5.74) is 2.42. The highest BCUT2D eigenvalue weighted by atomic mass is 16.5. The number of aromatic nitrogens is 2. The second-order valence-electron chi connectivity index (χ2n) is 9.64. The number of esters is 1. The summed E-state index contributed by atoms with van der Waals surface area (Å²) in [7, 11) is 3.09. The third-order valence-electron chi connectivity index (χ3n) is 6.74. The van der Waals surface area contributed by atoms with E-state index in [-0.39, 0.29) is 36.0 Å². The fourth-order valence-electron chi connectivity index (χ4n) is 4.51. The number of carbonyl (C=O) groups excluding carboxylic acids is 3. The van der Waals surface area contributed by atoms with E-state index in [0.717, 1.165) is 5.56 Å². The van der Waals surface area contributed by atoms with Crippen LogP contribution in [0.25, 0.3) is 22.2 Å². The summed E-state index contributed by atoms with van der Waals surface area (Å²) >= 11 is 0. The van der Waals surface area contributed by atoms with Crippen LogP contribution in [0.5, 0.6) is 11.5 Å². The number of Topliss-reactive ketones (excluding diaryl/α,β-unsaturated/α-hetero) is 1. The van der Waals surface area contributed by atoms with Crippen molar-refractivity contribution < 1.29 is 37.7 Å². The number of fused-ring (bicyclic) bond motifs is 1. The summed E-state index contributed by atoms with van der Waals surface area (Å²) in [5, 5.41) is 3.55. The van der Waals surface area contributed by atoms with Gasteiger partial charge in [-0.05, 0) is 50.2 Å². The average Bonchev–Trinajstić information content (AvgIpc) is 3.41. The molecule has 2 aromatic heterocycles. The van der Waals surface area contributed by atoms with Crippen LogP contribution in [0.4, 0.5) is 11.5 Å². The molecule has 12 nitrogen and oxygen atoms in total. The average molecular weight is 599 g/mol. The first-order valence-corrected chi connectivity index (χ1v) is 13.8. The summed E-state index contributed by atoms with van der Waals surface area (Å²) in [6.07, 6.45) is 2.35. The molecule has 0 aliphatic heterocycles. The van der Waals surface area contributed by atoms with Crippen LogP contribution in [-0.4, -0.2) is 67.3 Å². The number of carbonyl (C=O) groups is 3. The molecule has 0 spiro atoms. The van der Waals surface area contributed by atoms with E-state index >= 15 is 0 Å². The van der Waals surface area contributed by atoms with Gasteiger partial charge in [0.2, 0.25) is 5.78 Å². The molecule has 0 fully saturated rings. The molecule has 2 heterocycles. The highest BCUT2D eigenvalue weighted by molar-refractivity contribution is 6.50. The lowest BCUT2D eigenvalue weighted by Crippen LogP contribution is -2.27.